The van der Waals surface area contributed by atoms with E-state index in [2.05, 4.69) is 10.6 Å². The van der Waals surface area contributed by atoms with Gasteiger partial charge < -0.3 is 10.6 Å². The minimum atomic E-state index is -0.281. The smallest absolute Gasteiger partial charge is 0.315 e. The normalized spacial score (nSPS) is 11.8. The molecule has 1 atom stereocenters. The molecule has 2 aromatic rings. The Morgan fingerprint density at radius 3 is 2.48 bits per heavy atom. The molecule has 21 heavy (non-hydrogen) atoms. The van der Waals surface area contributed by atoms with Crippen molar-refractivity contribution >= 4 is 6.03 Å². The first-order chi connectivity index (χ1) is 10.1. The van der Waals surface area contributed by atoms with Crippen LogP contribution in [0.15, 0.2) is 48.5 Å². The first kappa shape index (κ1) is 15.0. The van der Waals surface area contributed by atoms with Gasteiger partial charge in [0.05, 0.1) is 6.04 Å². The van der Waals surface area contributed by atoms with E-state index in [1.54, 1.807) is 12.1 Å². The summed E-state index contributed by atoms with van der Waals surface area (Å²) >= 11 is 0. The lowest BCUT2D eigenvalue weighted by atomic mass is 10.0. The Morgan fingerprint density at radius 2 is 1.81 bits per heavy atom. The van der Waals surface area contributed by atoms with E-state index in [4.69, 9.17) is 0 Å². The first-order valence-corrected chi connectivity index (χ1v) is 6.90. The van der Waals surface area contributed by atoms with Gasteiger partial charge in [0.25, 0.3) is 0 Å². The van der Waals surface area contributed by atoms with E-state index < -0.39 is 0 Å². The van der Waals surface area contributed by atoms with Crippen LogP contribution in [0, 0.1) is 12.7 Å². The lowest BCUT2D eigenvalue weighted by molar-refractivity contribution is 0.237. The second-order valence-corrected chi connectivity index (χ2v) is 5.03. The van der Waals surface area contributed by atoms with Gasteiger partial charge in [-0.25, -0.2) is 9.18 Å². The van der Waals surface area contributed by atoms with Crippen molar-refractivity contribution in [1.29, 1.82) is 0 Å². The summed E-state index contributed by atoms with van der Waals surface area (Å²) < 4.78 is 12.8. The van der Waals surface area contributed by atoms with Crippen molar-refractivity contribution in [1.82, 2.24) is 10.6 Å². The van der Waals surface area contributed by atoms with Crippen LogP contribution in [-0.2, 0) is 6.54 Å². The Labute approximate surface area is 124 Å². The number of amides is 2. The van der Waals surface area contributed by atoms with E-state index in [9.17, 15) is 9.18 Å². The van der Waals surface area contributed by atoms with Gasteiger partial charge in [0.1, 0.15) is 5.82 Å². The summed E-state index contributed by atoms with van der Waals surface area (Å²) in [5.74, 6) is -0.281. The molecule has 2 aromatic carbocycles. The molecular formula is C17H19FN2O. The van der Waals surface area contributed by atoms with Crippen molar-refractivity contribution in [3.05, 3.63) is 71.0 Å². The Bertz CT molecular complexity index is 610. The van der Waals surface area contributed by atoms with Gasteiger partial charge in [0.2, 0.25) is 0 Å². The molecule has 0 fully saturated rings. The van der Waals surface area contributed by atoms with Gasteiger partial charge in [-0.1, -0.05) is 36.4 Å². The summed E-state index contributed by atoms with van der Waals surface area (Å²) in [5, 5.41) is 5.66. The van der Waals surface area contributed by atoms with Crippen LogP contribution in [0.25, 0.3) is 0 Å². The van der Waals surface area contributed by atoms with Crippen LogP contribution in [0.2, 0.25) is 0 Å². The molecule has 0 aliphatic carbocycles. The average molecular weight is 286 g/mol. The van der Waals surface area contributed by atoms with Crippen LogP contribution in [0.1, 0.15) is 29.7 Å². The Kier molecular flexibility index (Phi) is 4.93. The topological polar surface area (TPSA) is 41.1 Å². The number of aryl methyl sites for hydroxylation is 1. The van der Waals surface area contributed by atoms with E-state index in [1.807, 2.05) is 38.1 Å². The van der Waals surface area contributed by atoms with E-state index in [-0.39, 0.29) is 17.9 Å². The summed E-state index contributed by atoms with van der Waals surface area (Å²) in [6, 6.07) is 13.7. The highest BCUT2D eigenvalue weighted by Gasteiger charge is 2.10. The molecule has 110 valence electrons. The fourth-order valence-corrected chi connectivity index (χ4v) is 2.18. The van der Waals surface area contributed by atoms with Crippen LogP contribution in [0.3, 0.4) is 0 Å². The molecule has 0 aromatic heterocycles. The predicted octanol–water partition coefficient (Wildman–Crippen LogP) is 3.69. The zero-order valence-corrected chi connectivity index (χ0v) is 12.2. The molecular weight excluding hydrogens is 267 g/mol. The lowest BCUT2D eigenvalue weighted by Gasteiger charge is -2.17. The van der Waals surface area contributed by atoms with Crippen LogP contribution < -0.4 is 10.6 Å². The number of halogens is 1. The van der Waals surface area contributed by atoms with E-state index in [0.29, 0.717) is 6.54 Å². The fraction of sp³-hybridized carbons (Fsp3) is 0.235. The number of rotatable bonds is 4. The number of carbonyl (C=O) groups excluding carboxylic acids is 1. The van der Waals surface area contributed by atoms with Gasteiger partial charge >= 0.3 is 6.03 Å². The highest BCUT2D eigenvalue weighted by molar-refractivity contribution is 5.74. The highest BCUT2D eigenvalue weighted by atomic mass is 19.1. The summed E-state index contributed by atoms with van der Waals surface area (Å²) in [4.78, 5) is 11.9. The molecule has 0 heterocycles. The maximum Gasteiger partial charge on any atom is 0.315 e. The number of carbonyl (C=O) groups is 1. The lowest BCUT2D eigenvalue weighted by Crippen LogP contribution is -2.36. The number of urea groups is 1. The maximum absolute atomic E-state index is 12.8. The van der Waals surface area contributed by atoms with Gasteiger partial charge in [-0.2, -0.15) is 0 Å². The molecule has 0 aliphatic heterocycles. The predicted molar refractivity (Wildman–Crippen MR) is 81.4 cm³/mol. The van der Waals surface area contributed by atoms with Crippen LogP contribution in [0.5, 0.6) is 0 Å². The third kappa shape index (κ3) is 4.31. The number of hydrogen-bond acceptors (Lipinski definition) is 1. The summed E-state index contributed by atoms with van der Waals surface area (Å²) in [7, 11) is 0. The molecule has 0 saturated heterocycles. The van der Waals surface area contributed by atoms with Crippen molar-refractivity contribution in [2.45, 2.75) is 26.4 Å². The minimum Gasteiger partial charge on any atom is -0.334 e. The Morgan fingerprint density at radius 1 is 1.14 bits per heavy atom. The van der Waals surface area contributed by atoms with Gasteiger partial charge in [0, 0.05) is 6.54 Å². The Balaban J connectivity index is 1.87. The van der Waals surface area contributed by atoms with Gasteiger partial charge in [0.15, 0.2) is 0 Å². The van der Waals surface area contributed by atoms with Crippen molar-refractivity contribution in [3.8, 4) is 0 Å². The molecule has 4 heteroatoms. The van der Waals surface area contributed by atoms with Gasteiger partial charge in [-0.05, 0) is 42.7 Å². The summed E-state index contributed by atoms with van der Waals surface area (Å²) in [5.41, 5.74) is 3.09. The molecule has 0 radical (unpaired) electrons. The van der Waals surface area contributed by atoms with Crippen LogP contribution in [-0.4, -0.2) is 6.03 Å². The van der Waals surface area contributed by atoms with E-state index in [0.717, 1.165) is 16.7 Å². The molecule has 1 unspecified atom stereocenters. The zero-order valence-electron chi connectivity index (χ0n) is 12.2. The van der Waals surface area contributed by atoms with Crippen molar-refractivity contribution in [3.63, 3.8) is 0 Å². The third-order valence-corrected chi connectivity index (χ3v) is 3.37. The molecule has 2 rings (SSSR count). The number of benzene rings is 2. The van der Waals surface area contributed by atoms with Crippen LogP contribution >= 0.6 is 0 Å². The molecule has 0 spiro atoms. The van der Waals surface area contributed by atoms with Crippen molar-refractivity contribution in [2.75, 3.05) is 0 Å². The van der Waals surface area contributed by atoms with Gasteiger partial charge in [-0.3, -0.25) is 0 Å². The SMILES string of the molecule is Cc1ccccc1C(C)NC(=O)NCc1ccc(F)cc1. The van der Waals surface area contributed by atoms with Crippen molar-refractivity contribution in [2.24, 2.45) is 0 Å². The molecule has 2 amide bonds. The first-order valence-electron chi connectivity index (χ1n) is 6.90. The zero-order chi connectivity index (χ0) is 15.2. The largest absolute Gasteiger partial charge is 0.334 e. The monoisotopic (exact) mass is 286 g/mol. The van der Waals surface area contributed by atoms with E-state index >= 15 is 0 Å². The summed E-state index contributed by atoms with van der Waals surface area (Å²) in [6.45, 7) is 4.33. The standard InChI is InChI=1S/C17H19FN2O/c1-12-5-3-4-6-16(12)13(2)20-17(21)19-11-14-7-9-15(18)10-8-14/h3-10,13H,11H2,1-2H3,(H2,19,20,21). The third-order valence-electron chi connectivity index (χ3n) is 3.37. The average Bonchev–Trinajstić information content (AvgIpc) is 2.47. The van der Waals surface area contributed by atoms with Gasteiger partial charge in [-0.15, -0.1) is 0 Å². The van der Waals surface area contributed by atoms with Crippen LogP contribution in [0.4, 0.5) is 9.18 Å². The fourth-order valence-electron chi connectivity index (χ4n) is 2.18. The van der Waals surface area contributed by atoms with E-state index in [1.165, 1.54) is 12.1 Å². The molecule has 2 N–H and O–H groups in total. The molecule has 3 nitrogen and oxygen atoms in total. The second-order valence-electron chi connectivity index (χ2n) is 5.03. The number of hydrogen-bond donors (Lipinski definition) is 2. The minimum absolute atomic E-state index is 0.0700. The second kappa shape index (κ2) is 6.88. The van der Waals surface area contributed by atoms with Crippen molar-refractivity contribution < 1.29 is 9.18 Å². The highest BCUT2D eigenvalue weighted by Crippen LogP contribution is 2.16. The molecule has 0 bridgehead atoms. The maximum atomic E-state index is 12.8. The number of nitrogens with one attached hydrogen (secondary N) is 2. The molecule has 0 saturated carbocycles. The molecule has 0 aliphatic rings. The summed E-state index contributed by atoms with van der Waals surface area (Å²) in [6.07, 6.45) is 0. The quantitative estimate of drug-likeness (QED) is 0.884. The Hall–Kier alpha value is -2.36.